The van der Waals surface area contributed by atoms with Gasteiger partial charge in [-0.1, -0.05) is 18.6 Å². The zero-order valence-electron chi connectivity index (χ0n) is 21.8. The molecule has 2 N–H and O–H groups in total. The SMILES string of the molecule is NC(=O)C1CCCN1C(=O)c1ccc(-c2cnc(OCC3CCN(CC4(C(F)(F)F)CCC4)CC3)cn2)cc1. The Labute approximate surface area is 225 Å². The lowest BCUT2D eigenvalue weighted by atomic mass is 9.67. The number of carbonyl (C=O) groups is 2. The number of piperidine rings is 1. The van der Waals surface area contributed by atoms with Crippen molar-refractivity contribution in [2.75, 3.05) is 32.8 Å². The van der Waals surface area contributed by atoms with Crippen molar-refractivity contribution >= 4 is 11.8 Å². The molecule has 1 aliphatic carbocycles. The Balaban J connectivity index is 1.09. The largest absolute Gasteiger partial charge is 0.476 e. The van der Waals surface area contributed by atoms with Gasteiger partial charge in [0.2, 0.25) is 11.8 Å². The summed E-state index contributed by atoms with van der Waals surface area (Å²) in [5, 5.41) is 0. The molecule has 2 amide bonds. The molecule has 0 radical (unpaired) electrons. The molecule has 1 aromatic carbocycles. The molecule has 1 atom stereocenters. The van der Waals surface area contributed by atoms with Gasteiger partial charge in [-0.05, 0) is 69.7 Å². The minimum absolute atomic E-state index is 0.109. The van der Waals surface area contributed by atoms with E-state index in [4.69, 9.17) is 10.5 Å². The molecular weight excluding hydrogens is 511 g/mol. The Bertz CT molecular complexity index is 1160. The highest BCUT2D eigenvalue weighted by molar-refractivity contribution is 5.98. The lowest BCUT2D eigenvalue weighted by molar-refractivity contribution is -0.256. The van der Waals surface area contributed by atoms with Gasteiger partial charge in [-0.2, -0.15) is 13.2 Å². The summed E-state index contributed by atoms with van der Waals surface area (Å²) in [6, 6.07) is 6.42. The lowest BCUT2D eigenvalue weighted by Crippen LogP contribution is -2.53. The van der Waals surface area contributed by atoms with Gasteiger partial charge in [0.15, 0.2) is 0 Å². The standard InChI is InChI=1S/C28H34F3N5O3/c29-28(30,31)27(10-2-11-27)18-35-13-8-19(9-14-35)17-39-24-16-33-22(15-34-24)20-4-6-21(7-5-20)26(38)36-12-1-3-23(36)25(32)37/h4-7,15-16,19,23H,1-3,8-14,17-18H2,(H2,32,37). The number of ether oxygens (including phenoxy) is 1. The van der Waals surface area contributed by atoms with E-state index in [9.17, 15) is 22.8 Å². The molecule has 0 bridgehead atoms. The van der Waals surface area contributed by atoms with E-state index in [-0.39, 0.29) is 31.2 Å². The molecule has 5 rings (SSSR count). The fourth-order valence-electron chi connectivity index (χ4n) is 5.87. The summed E-state index contributed by atoms with van der Waals surface area (Å²) >= 11 is 0. The number of nitrogens with two attached hydrogens (primary N) is 1. The monoisotopic (exact) mass is 545 g/mol. The van der Waals surface area contributed by atoms with Crippen molar-refractivity contribution in [1.82, 2.24) is 19.8 Å². The van der Waals surface area contributed by atoms with Crippen molar-refractivity contribution in [2.45, 2.75) is 57.2 Å². The van der Waals surface area contributed by atoms with Crippen molar-refractivity contribution in [3.63, 3.8) is 0 Å². The number of primary amides is 1. The van der Waals surface area contributed by atoms with Crippen molar-refractivity contribution in [1.29, 1.82) is 0 Å². The zero-order valence-corrected chi connectivity index (χ0v) is 21.8. The van der Waals surface area contributed by atoms with Crippen LogP contribution in [0.3, 0.4) is 0 Å². The van der Waals surface area contributed by atoms with Crippen LogP contribution >= 0.6 is 0 Å². The number of rotatable bonds is 8. The molecule has 3 fully saturated rings. The Kier molecular flexibility index (Phi) is 7.80. The van der Waals surface area contributed by atoms with E-state index in [1.165, 1.54) is 4.90 Å². The highest BCUT2D eigenvalue weighted by atomic mass is 19.4. The van der Waals surface area contributed by atoms with E-state index < -0.39 is 23.5 Å². The smallest absolute Gasteiger partial charge is 0.395 e. The number of hydrogen-bond acceptors (Lipinski definition) is 6. The first-order chi connectivity index (χ1) is 18.6. The number of aromatic nitrogens is 2. The first-order valence-corrected chi connectivity index (χ1v) is 13.6. The summed E-state index contributed by atoms with van der Waals surface area (Å²) in [4.78, 5) is 36.7. The molecule has 2 aromatic rings. The number of alkyl halides is 3. The van der Waals surface area contributed by atoms with Crippen LogP contribution in [0.1, 0.15) is 55.3 Å². The Hall–Kier alpha value is -3.21. The van der Waals surface area contributed by atoms with Gasteiger partial charge in [0, 0.05) is 24.2 Å². The maximum atomic E-state index is 13.5. The highest BCUT2D eigenvalue weighted by Gasteiger charge is 2.58. The summed E-state index contributed by atoms with van der Waals surface area (Å²) in [6.07, 6.45) is 3.10. The predicted octanol–water partition coefficient (Wildman–Crippen LogP) is 4.06. The molecule has 8 nitrogen and oxygen atoms in total. The fourth-order valence-corrected chi connectivity index (χ4v) is 5.87. The van der Waals surface area contributed by atoms with Crippen LogP contribution in [0.4, 0.5) is 13.2 Å². The predicted molar refractivity (Wildman–Crippen MR) is 138 cm³/mol. The van der Waals surface area contributed by atoms with Crippen LogP contribution in [-0.2, 0) is 4.79 Å². The zero-order chi connectivity index (χ0) is 27.6. The van der Waals surface area contributed by atoms with E-state index in [0.29, 0.717) is 56.2 Å². The summed E-state index contributed by atoms with van der Waals surface area (Å²) in [5.41, 5.74) is 5.81. The van der Waals surface area contributed by atoms with E-state index >= 15 is 0 Å². The van der Waals surface area contributed by atoms with Gasteiger partial charge < -0.3 is 20.3 Å². The summed E-state index contributed by atoms with van der Waals surface area (Å²) < 4.78 is 46.3. The maximum absolute atomic E-state index is 13.5. The number of nitrogens with zero attached hydrogens (tertiary/aromatic N) is 4. The van der Waals surface area contributed by atoms with E-state index in [1.54, 1.807) is 36.7 Å². The quantitative estimate of drug-likeness (QED) is 0.537. The number of halogens is 3. The van der Waals surface area contributed by atoms with Gasteiger partial charge in [0.1, 0.15) is 6.04 Å². The molecule has 2 aliphatic heterocycles. The van der Waals surface area contributed by atoms with Crippen molar-refractivity contribution in [3.05, 3.63) is 42.2 Å². The second-order valence-corrected chi connectivity index (χ2v) is 11.0. The van der Waals surface area contributed by atoms with Crippen molar-refractivity contribution < 1.29 is 27.5 Å². The molecule has 3 heterocycles. The molecule has 39 heavy (non-hydrogen) atoms. The number of benzene rings is 1. The molecule has 1 aromatic heterocycles. The van der Waals surface area contributed by atoms with E-state index in [1.807, 2.05) is 4.90 Å². The van der Waals surface area contributed by atoms with Crippen molar-refractivity contribution in [2.24, 2.45) is 17.1 Å². The van der Waals surface area contributed by atoms with Crippen LogP contribution in [0.15, 0.2) is 36.7 Å². The third-order valence-electron chi connectivity index (χ3n) is 8.51. The molecule has 2 saturated heterocycles. The Morgan fingerprint density at radius 2 is 1.72 bits per heavy atom. The lowest BCUT2D eigenvalue weighted by Gasteiger charge is -2.47. The average molecular weight is 546 g/mol. The van der Waals surface area contributed by atoms with Gasteiger partial charge >= 0.3 is 6.18 Å². The van der Waals surface area contributed by atoms with Gasteiger partial charge in [-0.3, -0.25) is 9.59 Å². The second-order valence-electron chi connectivity index (χ2n) is 11.0. The van der Waals surface area contributed by atoms with Crippen molar-refractivity contribution in [3.8, 4) is 17.1 Å². The highest BCUT2D eigenvalue weighted by Crippen LogP contribution is 2.53. The number of amides is 2. The normalized spacial score (nSPS) is 21.9. The topological polar surface area (TPSA) is 102 Å². The maximum Gasteiger partial charge on any atom is 0.395 e. The third kappa shape index (κ3) is 5.88. The summed E-state index contributed by atoms with van der Waals surface area (Å²) in [6.45, 7) is 2.37. The second kappa shape index (κ2) is 11.1. The first kappa shape index (κ1) is 27.4. The minimum Gasteiger partial charge on any atom is -0.476 e. The van der Waals surface area contributed by atoms with Crippen LogP contribution in [0.2, 0.25) is 0 Å². The number of hydrogen-bond donors (Lipinski definition) is 1. The third-order valence-corrected chi connectivity index (χ3v) is 8.51. The van der Waals surface area contributed by atoms with Gasteiger partial charge in [-0.25, -0.2) is 9.97 Å². The molecule has 11 heteroatoms. The van der Waals surface area contributed by atoms with Crippen LogP contribution in [-0.4, -0.2) is 76.6 Å². The first-order valence-electron chi connectivity index (χ1n) is 13.6. The molecule has 210 valence electrons. The van der Waals surface area contributed by atoms with Gasteiger partial charge in [-0.15, -0.1) is 0 Å². The fraction of sp³-hybridized carbons (Fsp3) is 0.571. The minimum atomic E-state index is -4.13. The average Bonchev–Trinajstić information content (AvgIpc) is 3.40. The number of carbonyl (C=O) groups excluding carboxylic acids is 2. The van der Waals surface area contributed by atoms with Gasteiger partial charge in [0.05, 0.1) is 30.1 Å². The molecular formula is C28H34F3N5O3. The van der Waals surface area contributed by atoms with Crippen LogP contribution < -0.4 is 10.5 Å². The van der Waals surface area contributed by atoms with Crippen LogP contribution in [0.25, 0.3) is 11.3 Å². The molecule has 1 unspecified atom stereocenters. The molecule has 3 aliphatic rings. The van der Waals surface area contributed by atoms with E-state index in [2.05, 4.69) is 9.97 Å². The Morgan fingerprint density at radius 1 is 1.00 bits per heavy atom. The van der Waals surface area contributed by atoms with Gasteiger partial charge in [0.25, 0.3) is 5.91 Å². The molecule has 0 spiro atoms. The summed E-state index contributed by atoms with van der Waals surface area (Å²) in [7, 11) is 0. The molecule has 1 saturated carbocycles. The Morgan fingerprint density at radius 3 is 2.28 bits per heavy atom. The number of likely N-dealkylation sites (tertiary alicyclic amines) is 2. The summed E-state index contributed by atoms with van der Waals surface area (Å²) in [5.74, 6) is -0.0412. The van der Waals surface area contributed by atoms with Crippen LogP contribution in [0, 0.1) is 11.3 Å². The van der Waals surface area contributed by atoms with Crippen LogP contribution in [0.5, 0.6) is 5.88 Å². The van der Waals surface area contributed by atoms with E-state index in [0.717, 1.165) is 24.8 Å².